The van der Waals surface area contributed by atoms with Gasteiger partial charge in [-0.2, -0.15) is 0 Å². The SMILES string of the molecule is Cc1cc2c(c(C(C)(C)C)c1)O[Si](C(C)(C)C)(C(C)(C)C)O[Si](C(C)(C)C)(C(C)(C)C)Oc1c(cc(C)cc1C(C)(C)C)C2. The van der Waals surface area contributed by atoms with Crippen LogP contribution in [0.3, 0.4) is 0 Å². The van der Waals surface area contributed by atoms with E-state index in [0.29, 0.717) is 0 Å². The fourth-order valence-corrected chi connectivity index (χ4v) is 21.2. The van der Waals surface area contributed by atoms with Gasteiger partial charge in [-0.25, -0.2) is 0 Å². The molecule has 44 heavy (non-hydrogen) atoms. The minimum atomic E-state index is -3.22. The van der Waals surface area contributed by atoms with Gasteiger partial charge in [0.25, 0.3) is 0 Å². The Bertz CT molecular complexity index is 1240. The van der Waals surface area contributed by atoms with Crippen LogP contribution in [0.5, 0.6) is 11.5 Å². The Morgan fingerprint density at radius 3 is 0.955 bits per heavy atom. The Labute approximate surface area is 274 Å². The van der Waals surface area contributed by atoms with Crippen molar-refractivity contribution in [2.45, 2.75) is 176 Å². The number of hydrogen-bond donors (Lipinski definition) is 0. The first kappa shape index (κ1) is 36.9. The van der Waals surface area contributed by atoms with E-state index in [0.717, 1.165) is 17.9 Å². The van der Waals surface area contributed by atoms with Crippen LogP contribution in [0.2, 0.25) is 20.2 Å². The largest absolute Gasteiger partial charge is 0.519 e. The minimum absolute atomic E-state index is 0.110. The second-order valence-electron chi connectivity index (χ2n) is 19.8. The fourth-order valence-electron chi connectivity index (χ4n) is 7.53. The van der Waals surface area contributed by atoms with Crippen molar-refractivity contribution in [1.29, 1.82) is 0 Å². The molecule has 0 unspecified atom stereocenters. The van der Waals surface area contributed by atoms with E-state index in [1.165, 1.54) is 33.4 Å². The molecular formula is C39H66O3Si2. The molecule has 1 aliphatic heterocycles. The van der Waals surface area contributed by atoms with Crippen molar-refractivity contribution in [3.63, 3.8) is 0 Å². The molecular weight excluding hydrogens is 573 g/mol. The van der Waals surface area contributed by atoms with Crippen molar-refractivity contribution in [2.75, 3.05) is 0 Å². The van der Waals surface area contributed by atoms with Crippen LogP contribution in [0.25, 0.3) is 0 Å². The van der Waals surface area contributed by atoms with Crippen LogP contribution in [-0.2, 0) is 21.4 Å². The number of rotatable bonds is 0. The van der Waals surface area contributed by atoms with Crippen molar-refractivity contribution in [1.82, 2.24) is 0 Å². The maximum Gasteiger partial charge on any atom is 0.402 e. The molecule has 3 nitrogen and oxygen atoms in total. The summed E-state index contributed by atoms with van der Waals surface area (Å²) in [6.45, 7) is 46.3. The molecule has 2 aromatic rings. The third kappa shape index (κ3) is 6.49. The van der Waals surface area contributed by atoms with E-state index < -0.39 is 17.1 Å². The highest BCUT2D eigenvalue weighted by Gasteiger charge is 2.71. The van der Waals surface area contributed by atoms with Crippen molar-refractivity contribution in [3.05, 3.63) is 57.6 Å². The molecule has 0 radical (unpaired) electrons. The molecule has 2 aromatic carbocycles. The predicted molar refractivity (Wildman–Crippen MR) is 195 cm³/mol. The summed E-state index contributed by atoms with van der Waals surface area (Å²) >= 11 is 0. The maximum atomic E-state index is 8.20. The van der Waals surface area contributed by atoms with Crippen LogP contribution in [0, 0.1) is 13.8 Å². The van der Waals surface area contributed by atoms with Gasteiger partial charge in [-0.05, 0) is 46.9 Å². The van der Waals surface area contributed by atoms with E-state index in [1.54, 1.807) is 0 Å². The lowest BCUT2D eigenvalue weighted by molar-refractivity contribution is 0.211. The molecule has 248 valence electrons. The lowest BCUT2D eigenvalue weighted by Gasteiger charge is -2.58. The van der Waals surface area contributed by atoms with Gasteiger partial charge in [0.15, 0.2) is 0 Å². The second-order valence-corrected chi connectivity index (χ2v) is 29.5. The summed E-state index contributed by atoms with van der Waals surface area (Å²) in [4.78, 5) is 0. The minimum Gasteiger partial charge on any atom is -0.519 e. The summed E-state index contributed by atoms with van der Waals surface area (Å²) in [6.07, 6.45) is 0.748. The monoisotopic (exact) mass is 638 g/mol. The van der Waals surface area contributed by atoms with Gasteiger partial charge in [0.05, 0.1) is 0 Å². The zero-order chi connectivity index (χ0) is 34.3. The predicted octanol–water partition coefficient (Wildman–Crippen LogP) is 12.4. The van der Waals surface area contributed by atoms with Crippen LogP contribution >= 0.6 is 0 Å². The molecule has 0 amide bonds. The summed E-state index contributed by atoms with van der Waals surface area (Å²) in [5.41, 5.74) is 7.25. The van der Waals surface area contributed by atoms with E-state index in [9.17, 15) is 0 Å². The van der Waals surface area contributed by atoms with E-state index in [1.807, 2.05) is 0 Å². The van der Waals surface area contributed by atoms with Crippen molar-refractivity contribution < 1.29 is 13.0 Å². The number of hydrogen-bond acceptors (Lipinski definition) is 3. The zero-order valence-corrected chi connectivity index (χ0v) is 34.2. The van der Waals surface area contributed by atoms with Crippen LogP contribution in [0.1, 0.15) is 158 Å². The molecule has 5 heteroatoms. The van der Waals surface area contributed by atoms with E-state index >= 15 is 0 Å². The molecule has 0 N–H and O–H groups in total. The molecule has 0 saturated carbocycles. The van der Waals surface area contributed by atoms with Gasteiger partial charge in [-0.3, -0.25) is 0 Å². The first-order valence-electron chi connectivity index (χ1n) is 16.7. The Morgan fingerprint density at radius 2 is 0.727 bits per heavy atom. The van der Waals surface area contributed by atoms with Gasteiger partial charge >= 0.3 is 17.1 Å². The molecule has 0 aliphatic carbocycles. The van der Waals surface area contributed by atoms with Gasteiger partial charge in [-0.1, -0.05) is 160 Å². The Morgan fingerprint density at radius 1 is 0.455 bits per heavy atom. The maximum absolute atomic E-state index is 8.20. The van der Waals surface area contributed by atoms with Gasteiger partial charge in [0.1, 0.15) is 11.5 Å². The molecule has 0 fully saturated rings. The third-order valence-corrected chi connectivity index (χ3v) is 20.5. The van der Waals surface area contributed by atoms with Crippen LogP contribution in [-0.4, -0.2) is 17.1 Å². The van der Waals surface area contributed by atoms with Crippen LogP contribution in [0.15, 0.2) is 24.3 Å². The Kier molecular flexibility index (Phi) is 9.23. The summed E-state index contributed by atoms with van der Waals surface area (Å²) in [6, 6.07) is 9.39. The van der Waals surface area contributed by atoms with E-state index in [4.69, 9.17) is 13.0 Å². The average Bonchev–Trinajstić information content (AvgIpc) is 2.75. The molecule has 0 aromatic heterocycles. The molecule has 3 rings (SSSR count). The number of aryl methyl sites for hydroxylation is 2. The lowest BCUT2D eigenvalue weighted by Crippen LogP contribution is -2.72. The molecule has 0 atom stereocenters. The van der Waals surface area contributed by atoms with E-state index in [-0.39, 0.29) is 31.0 Å². The van der Waals surface area contributed by atoms with Crippen molar-refractivity contribution >= 4 is 17.1 Å². The topological polar surface area (TPSA) is 27.7 Å². The number of fused-ring (bicyclic) bond motifs is 2. The molecule has 0 spiro atoms. The van der Waals surface area contributed by atoms with Crippen LogP contribution in [0.4, 0.5) is 0 Å². The highest BCUT2D eigenvalue weighted by Crippen LogP contribution is 2.62. The van der Waals surface area contributed by atoms with Crippen LogP contribution < -0.4 is 8.85 Å². The fraction of sp³-hybridized carbons (Fsp3) is 0.692. The van der Waals surface area contributed by atoms with Crippen molar-refractivity contribution in [2.24, 2.45) is 0 Å². The van der Waals surface area contributed by atoms with Gasteiger partial charge in [0.2, 0.25) is 0 Å². The molecule has 1 heterocycles. The standard InChI is InChI=1S/C39H66O3Si2/c1-26-21-28-25-29-22-27(2)24-31(35(6,7)8)33(29)41-44(38(15,16)17,39(18,19)20)42-43(36(9,10)11,37(12,13)14)40-32(28)30(23-26)34(3,4)5/h21-24H,25H2,1-20H3. The van der Waals surface area contributed by atoms with Crippen molar-refractivity contribution in [3.8, 4) is 11.5 Å². The summed E-state index contributed by atoms with van der Waals surface area (Å²) < 4.78 is 23.9. The lowest BCUT2D eigenvalue weighted by atomic mass is 9.81. The highest BCUT2D eigenvalue weighted by molar-refractivity contribution is 6.87. The number of benzene rings is 2. The van der Waals surface area contributed by atoms with E-state index in [2.05, 4.69) is 163 Å². The van der Waals surface area contributed by atoms with Gasteiger partial charge in [-0.15, -0.1) is 0 Å². The first-order valence-corrected chi connectivity index (χ1v) is 20.4. The quantitative estimate of drug-likeness (QED) is 0.269. The molecule has 0 saturated heterocycles. The smallest absolute Gasteiger partial charge is 0.402 e. The van der Waals surface area contributed by atoms with Gasteiger partial charge < -0.3 is 13.0 Å². The Balaban J connectivity index is 2.74. The first-order chi connectivity index (χ1) is 19.4. The second kappa shape index (κ2) is 11.0. The molecule has 0 bridgehead atoms. The Hall–Kier alpha value is -1.57. The average molecular weight is 639 g/mol. The summed E-state index contributed by atoms with van der Waals surface area (Å²) in [7, 11) is -6.43. The normalized spacial score (nSPS) is 18.1. The third-order valence-electron chi connectivity index (χ3n) is 9.35. The highest BCUT2D eigenvalue weighted by atomic mass is 28.5. The zero-order valence-electron chi connectivity index (χ0n) is 32.2. The van der Waals surface area contributed by atoms with Gasteiger partial charge in [0, 0.05) is 26.6 Å². The summed E-state index contributed by atoms with van der Waals surface area (Å²) in [5, 5.41) is -1.04. The summed E-state index contributed by atoms with van der Waals surface area (Å²) in [5.74, 6) is 2.05. The molecule has 1 aliphatic rings.